The Balaban J connectivity index is 1.96. The lowest BCUT2D eigenvalue weighted by Crippen LogP contribution is -1.98. The molecule has 0 amide bonds. The minimum Gasteiger partial charge on any atom is -0.495 e. The highest BCUT2D eigenvalue weighted by Gasteiger charge is 2.05. The van der Waals surface area contributed by atoms with Crippen molar-refractivity contribution in [1.82, 2.24) is 0 Å². The van der Waals surface area contributed by atoms with Crippen LogP contribution < -0.4 is 15.8 Å². The number of nitrogens with two attached hydrogens (primary N) is 1. The van der Waals surface area contributed by atoms with Crippen molar-refractivity contribution in [3.8, 4) is 5.75 Å². The first-order chi connectivity index (χ1) is 9.28. The van der Waals surface area contributed by atoms with Crippen LogP contribution in [0.2, 0.25) is 0 Å². The van der Waals surface area contributed by atoms with Gasteiger partial charge in [-0.1, -0.05) is 6.07 Å². The van der Waals surface area contributed by atoms with Crippen LogP contribution in [-0.2, 0) is 0 Å². The molecule has 3 aromatic rings. The minimum atomic E-state index is 0.621. The van der Waals surface area contributed by atoms with E-state index in [1.807, 2.05) is 18.2 Å². The van der Waals surface area contributed by atoms with Crippen molar-refractivity contribution in [2.45, 2.75) is 0 Å². The average Bonchev–Trinajstić information content (AvgIpc) is 2.88. The second kappa shape index (κ2) is 4.82. The Bertz CT molecular complexity index is 721. The van der Waals surface area contributed by atoms with Gasteiger partial charge in [-0.3, -0.25) is 0 Å². The molecule has 0 unspecified atom stereocenters. The molecule has 3 N–H and O–H groups in total. The van der Waals surface area contributed by atoms with Crippen molar-refractivity contribution in [2.24, 2.45) is 0 Å². The summed E-state index contributed by atoms with van der Waals surface area (Å²) >= 11 is 1.74. The van der Waals surface area contributed by atoms with Crippen molar-refractivity contribution >= 4 is 38.5 Å². The molecule has 19 heavy (non-hydrogen) atoms. The van der Waals surface area contributed by atoms with Gasteiger partial charge in [0.25, 0.3) is 0 Å². The Morgan fingerprint density at radius 3 is 2.89 bits per heavy atom. The molecule has 0 aliphatic rings. The molecule has 2 aromatic carbocycles. The first kappa shape index (κ1) is 11.9. The second-order valence-corrected chi connectivity index (χ2v) is 5.17. The number of anilines is 3. The number of ether oxygens (including phenoxy) is 1. The van der Waals surface area contributed by atoms with Gasteiger partial charge in [-0.15, -0.1) is 11.3 Å². The summed E-state index contributed by atoms with van der Waals surface area (Å²) in [5, 5.41) is 6.65. The molecule has 1 heterocycles. The molecule has 0 saturated carbocycles. The van der Waals surface area contributed by atoms with Gasteiger partial charge in [-0.05, 0) is 47.2 Å². The third kappa shape index (κ3) is 2.22. The van der Waals surface area contributed by atoms with E-state index in [0.717, 1.165) is 11.4 Å². The third-order valence-electron chi connectivity index (χ3n) is 3.02. The second-order valence-electron chi connectivity index (χ2n) is 4.22. The van der Waals surface area contributed by atoms with Crippen LogP contribution in [0.4, 0.5) is 17.1 Å². The maximum atomic E-state index is 6.05. The fraction of sp³-hybridized carbons (Fsp3) is 0.0667. The maximum Gasteiger partial charge on any atom is 0.143 e. The van der Waals surface area contributed by atoms with Gasteiger partial charge in [-0.2, -0.15) is 0 Å². The quantitative estimate of drug-likeness (QED) is 0.700. The molecule has 4 heteroatoms. The topological polar surface area (TPSA) is 47.3 Å². The Morgan fingerprint density at radius 1 is 1.16 bits per heavy atom. The highest BCUT2D eigenvalue weighted by molar-refractivity contribution is 7.17. The van der Waals surface area contributed by atoms with E-state index in [1.165, 1.54) is 10.1 Å². The predicted molar refractivity (Wildman–Crippen MR) is 82.5 cm³/mol. The van der Waals surface area contributed by atoms with Gasteiger partial charge in [-0.25, -0.2) is 0 Å². The number of rotatable bonds is 3. The molecule has 1 aromatic heterocycles. The van der Waals surface area contributed by atoms with Gasteiger partial charge in [0.2, 0.25) is 0 Å². The van der Waals surface area contributed by atoms with Crippen LogP contribution in [0.15, 0.2) is 47.8 Å². The van der Waals surface area contributed by atoms with E-state index >= 15 is 0 Å². The first-order valence-corrected chi connectivity index (χ1v) is 6.82. The van der Waals surface area contributed by atoms with Crippen LogP contribution in [0.3, 0.4) is 0 Å². The maximum absolute atomic E-state index is 6.05. The number of thiophene rings is 1. The Hall–Kier alpha value is -2.20. The standard InChI is InChI=1S/C15H14N2OS/c1-18-13-4-2-3-12(15(13)16)17-11-5-6-14-10(9-11)7-8-19-14/h2-9,17H,16H2,1H3. The van der Waals surface area contributed by atoms with E-state index in [4.69, 9.17) is 10.5 Å². The molecule has 0 bridgehead atoms. The van der Waals surface area contributed by atoms with E-state index in [9.17, 15) is 0 Å². The molecule has 0 aliphatic heterocycles. The van der Waals surface area contributed by atoms with Crippen LogP contribution in [0.1, 0.15) is 0 Å². The lowest BCUT2D eigenvalue weighted by atomic mass is 10.2. The normalized spacial score (nSPS) is 10.6. The van der Waals surface area contributed by atoms with Gasteiger partial charge >= 0.3 is 0 Å². The number of nitrogen functional groups attached to an aromatic ring is 1. The van der Waals surface area contributed by atoms with Crippen molar-refractivity contribution in [2.75, 3.05) is 18.2 Å². The molecular formula is C15H14N2OS. The van der Waals surface area contributed by atoms with E-state index in [1.54, 1.807) is 18.4 Å². The largest absolute Gasteiger partial charge is 0.495 e. The number of benzene rings is 2. The predicted octanol–water partition coefficient (Wildman–Crippen LogP) is 4.24. The van der Waals surface area contributed by atoms with Crippen LogP contribution >= 0.6 is 11.3 Å². The number of fused-ring (bicyclic) bond motifs is 1. The van der Waals surface area contributed by atoms with E-state index in [0.29, 0.717) is 11.4 Å². The average molecular weight is 270 g/mol. The molecule has 0 radical (unpaired) electrons. The van der Waals surface area contributed by atoms with Crippen molar-refractivity contribution in [3.63, 3.8) is 0 Å². The number of hydrogen-bond acceptors (Lipinski definition) is 4. The van der Waals surface area contributed by atoms with E-state index in [-0.39, 0.29) is 0 Å². The van der Waals surface area contributed by atoms with Crippen molar-refractivity contribution < 1.29 is 4.74 Å². The molecular weight excluding hydrogens is 256 g/mol. The minimum absolute atomic E-state index is 0.621. The number of methoxy groups -OCH3 is 1. The van der Waals surface area contributed by atoms with Gasteiger partial charge in [0.1, 0.15) is 5.75 Å². The molecule has 0 aliphatic carbocycles. The monoisotopic (exact) mass is 270 g/mol. The Labute approximate surface area is 115 Å². The number of hydrogen-bond donors (Lipinski definition) is 2. The molecule has 0 fully saturated rings. The smallest absolute Gasteiger partial charge is 0.143 e. The van der Waals surface area contributed by atoms with Crippen molar-refractivity contribution in [3.05, 3.63) is 47.8 Å². The lowest BCUT2D eigenvalue weighted by molar-refractivity contribution is 0.417. The lowest BCUT2D eigenvalue weighted by Gasteiger charge is -2.12. The Morgan fingerprint density at radius 2 is 2.05 bits per heavy atom. The zero-order valence-electron chi connectivity index (χ0n) is 10.5. The van der Waals surface area contributed by atoms with Crippen molar-refractivity contribution in [1.29, 1.82) is 0 Å². The SMILES string of the molecule is COc1cccc(Nc2ccc3sccc3c2)c1N. The van der Waals surface area contributed by atoms with Gasteiger partial charge < -0.3 is 15.8 Å². The van der Waals surface area contributed by atoms with E-state index in [2.05, 4.69) is 35.0 Å². The molecule has 96 valence electrons. The summed E-state index contributed by atoms with van der Waals surface area (Å²) in [6.07, 6.45) is 0. The molecule has 0 saturated heterocycles. The van der Waals surface area contributed by atoms with E-state index < -0.39 is 0 Å². The summed E-state index contributed by atoms with van der Waals surface area (Å²) in [7, 11) is 1.62. The zero-order valence-corrected chi connectivity index (χ0v) is 11.3. The van der Waals surface area contributed by atoms with Crippen LogP contribution in [0, 0.1) is 0 Å². The van der Waals surface area contributed by atoms with Gasteiger partial charge in [0.05, 0.1) is 18.5 Å². The summed E-state index contributed by atoms with van der Waals surface area (Å²) in [6.45, 7) is 0. The van der Waals surface area contributed by atoms with Crippen LogP contribution in [-0.4, -0.2) is 7.11 Å². The highest BCUT2D eigenvalue weighted by Crippen LogP contribution is 2.32. The summed E-state index contributed by atoms with van der Waals surface area (Å²) in [6, 6.07) is 14.1. The van der Waals surface area contributed by atoms with Crippen LogP contribution in [0.5, 0.6) is 5.75 Å². The summed E-state index contributed by atoms with van der Waals surface area (Å²) < 4.78 is 6.50. The molecule has 0 atom stereocenters. The number of para-hydroxylation sites is 1. The fourth-order valence-electron chi connectivity index (χ4n) is 2.03. The first-order valence-electron chi connectivity index (χ1n) is 5.94. The molecule has 3 nitrogen and oxygen atoms in total. The third-order valence-corrected chi connectivity index (χ3v) is 3.92. The molecule has 3 rings (SSSR count). The van der Waals surface area contributed by atoms with Gasteiger partial charge in [0.15, 0.2) is 0 Å². The summed E-state index contributed by atoms with van der Waals surface area (Å²) in [4.78, 5) is 0. The molecule has 0 spiro atoms. The highest BCUT2D eigenvalue weighted by atomic mass is 32.1. The zero-order chi connectivity index (χ0) is 13.2. The summed E-state index contributed by atoms with van der Waals surface area (Å²) in [5.41, 5.74) is 8.54. The Kier molecular flexibility index (Phi) is 3.01. The van der Waals surface area contributed by atoms with Crippen LogP contribution in [0.25, 0.3) is 10.1 Å². The van der Waals surface area contributed by atoms with Gasteiger partial charge in [0, 0.05) is 10.4 Å². The number of nitrogens with one attached hydrogen (secondary N) is 1. The fourth-order valence-corrected chi connectivity index (χ4v) is 2.80. The summed E-state index contributed by atoms with van der Waals surface area (Å²) in [5.74, 6) is 0.682.